The third kappa shape index (κ3) is 4.34. The highest BCUT2D eigenvalue weighted by molar-refractivity contribution is 5.59. The summed E-state index contributed by atoms with van der Waals surface area (Å²) in [5.74, 6) is 1.44. The summed E-state index contributed by atoms with van der Waals surface area (Å²) >= 11 is 0. The minimum atomic E-state index is 0.395. The number of nitrogens with zero attached hydrogens (tertiary/aromatic N) is 3. The van der Waals surface area contributed by atoms with E-state index >= 15 is 0 Å². The van der Waals surface area contributed by atoms with Gasteiger partial charge in [-0.25, -0.2) is 4.98 Å². The molecule has 21 heavy (non-hydrogen) atoms. The molecule has 0 aliphatic rings. The molecule has 0 bridgehead atoms. The molecule has 112 valence electrons. The Morgan fingerprint density at radius 3 is 2.48 bits per heavy atom. The van der Waals surface area contributed by atoms with Crippen molar-refractivity contribution in [2.75, 3.05) is 29.6 Å². The fraction of sp³-hybridized carbons (Fsp3) is 0.375. The Bertz CT molecular complexity index is 565. The van der Waals surface area contributed by atoms with Gasteiger partial charge in [-0.1, -0.05) is 6.92 Å². The first-order valence-corrected chi connectivity index (χ1v) is 7.22. The number of benzene rings is 1. The Morgan fingerprint density at radius 2 is 1.86 bits per heavy atom. The van der Waals surface area contributed by atoms with Gasteiger partial charge in [-0.05, 0) is 43.7 Å². The second kappa shape index (κ2) is 6.92. The van der Waals surface area contributed by atoms with Crippen molar-refractivity contribution in [1.29, 1.82) is 0 Å². The smallest absolute Gasteiger partial charge is 0.229 e. The lowest BCUT2D eigenvalue weighted by atomic mass is 10.2. The zero-order chi connectivity index (χ0) is 15.2. The zero-order valence-electron chi connectivity index (χ0n) is 13.1. The van der Waals surface area contributed by atoms with Gasteiger partial charge >= 0.3 is 0 Å². The lowest BCUT2D eigenvalue weighted by Gasteiger charge is -2.14. The first kappa shape index (κ1) is 15.1. The Hall–Kier alpha value is -2.30. The van der Waals surface area contributed by atoms with Crippen molar-refractivity contribution >= 4 is 23.1 Å². The maximum atomic E-state index is 4.47. The van der Waals surface area contributed by atoms with Crippen molar-refractivity contribution in [3.05, 3.63) is 36.5 Å². The van der Waals surface area contributed by atoms with Crippen LogP contribution in [0.2, 0.25) is 0 Å². The number of nitrogens with one attached hydrogen (secondary N) is 2. The number of rotatable bonds is 6. The fourth-order valence-electron chi connectivity index (χ4n) is 1.83. The summed E-state index contributed by atoms with van der Waals surface area (Å²) in [4.78, 5) is 10.8. The lowest BCUT2D eigenvalue weighted by molar-refractivity contribution is 0.758. The molecule has 0 aliphatic heterocycles. The summed E-state index contributed by atoms with van der Waals surface area (Å²) in [6, 6.07) is 10.4. The maximum absolute atomic E-state index is 4.47. The average molecular weight is 285 g/mol. The summed E-state index contributed by atoms with van der Waals surface area (Å²) in [7, 11) is 4.05. The lowest BCUT2D eigenvalue weighted by Crippen LogP contribution is -2.15. The van der Waals surface area contributed by atoms with Crippen LogP contribution in [0, 0.1) is 0 Å². The molecular formula is C16H23N5. The van der Waals surface area contributed by atoms with Crippen LogP contribution in [-0.2, 0) is 0 Å². The maximum Gasteiger partial charge on any atom is 0.229 e. The fourth-order valence-corrected chi connectivity index (χ4v) is 1.83. The van der Waals surface area contributed by atoms with E-state index in [4.69, 9.17) is 0 Å². The SMILES string of the molecule is CCC(C)Nc1ccnc(Nc2ccc(N(C)C)cc2)n1. The molecule has 0 radical (unpaired) electrons. The molecule has 0 spiro atoms. The molecule has 0 amide bonds. The molecule has 1 aromatic carbocycles. The van der Waals surface area contributed by atoms with Crippen molar-refractivity contribution in [3.63, 3.8) is 0 Å². The van der Waals surface area contributed by atoms with Crippen LogP contribution in [0.4, 0.5) is 23.1 Å². The number of hydrogen-bond donors (Lipinski definition) is 2. The molecule has 1 aromatic heterocycles. The summed E-state index contributed by atoms with van der Waals surface area (Å²) < 4.78 is 0. The number of anilines is 4. The molecule has 5 nitrogen and oxygen atoms in total. The van der Waals surface area contributed by atoms with E-state index in [2.05, 4.69) is 51.5 Å². The second-order valence-corrected chi connectivity index (χ2v) is 5.29. The van der Waals surface area contributed by atoms with E-state index in [1.165, 1.54) is 0 Å². The van der Waals surface area contributed by atoms with Gasteiger partial charge in [0.05, 0.1) is 0 Å². The quantitative estimate of drug-likeness (QED) is 0.851. The van der Waals surface area contributed by atoms with E-state index in [0.29, 0.717) is 12.0 Å². The molecule has 2 rings (SSSR count). The van der Waals surface area contributed by atoms with E-state index in [1.54, 1.807) is 6.20 Å². The molecule has 2 N–H and O–H groups in total. The van der Waals surface area contributed by atoms with Gasteiger partial charge < -0.3 is 15.5 Å². The highest BCUT2D eigenvalue weighted by Crippen LogP contribution is 2.18. The van der Waals surface area contributed by atoms with E-state index in [-0.39, 0.29) is 0 Å². The minimum absolute atomic E-state index is 0.395. The first-order valence-electron chi connectivity index (χ1n) is 7.22. The highest BCUT2D eigenvalue weighted by atomic mass is 15.1. The van der Waals surface area contributed by atoms with Gasteiger partial charge in [0.2, 0.25) is 5.95 Å². The third-order valence-corrected chi connectivity index (χ3v) is 3.30. The normalized spacial score (nSPS) is 11.8. The van der Waals surface area contributed by atoms with Crippen molar-refractivity contribution in [2.45, 2.75) is 26.3 Å². The topological polar surface area (TPSA) is 53.1 Å². The first-order chi connectivity index (χ1) is 10.1. The highest BCUT2D eigenvalue weighted by Gasteiger charge is 2.03. The van der Waals surface area contributed by atoms with Crippen molar-refractivity contribution < 1.29 is 0 Å². The van der Waals surface area contributed by atoms with E-state index < -0.39 is 0 Å². The van der Waals surface area contributed by atoms with Gasteiger partial charge in [-0.3, -0.25) is 0 Å². The van der Waals surface area contributed by atoms with Crippen LogP contribution < -0.4 is 15.5 Å². The van der Waals surface area contributed by atoms with Crippen LogP contribution >= 0.6 is 0 Å². The summed E-state index contributed by atoms with van der Waals surface area (Å²) in [5.41, 5.74) is 2.13. The summed E-state index contributed by atoms with van der Waals surface area (Å²) in [6.07, 6.45) is 2.81. The van der Waals surface area contributed by atoms with Gasteiger partial charge in [-0.2, -0.15) is 4.98 Å². The van der Waals surface area contributed by atoms with Gasteiger partial charge in [0, 0.05) is 37.7 Å². The van der Waals surface area contributed by atoms with Crippen LogP contribution in [0.25, 0.3) is 0 Å². The third-order valence-electron chi connectivity index (χ3n) is 3.30. The van der Waals surface area contributed by atoms with Crippen LogP contribution in [0.5, 0.6) is 0 Å². The minimum Gasteiger partial charge on any atom is -0.378 e. The Morgan fingerprint density at radius 1 is 1.14 bits per heavy atom. The molecule has 0 aliphatic carbocycles. The van der Waals surface area contributed by atoms with Crippen LogP contribution in [0.15, 0.2) is 36.5 Å². The van der Waals surface area contributed by atoms with Crippen LogP contribution in [-0.4, -0.2) is 30.1 Å². The molecule has 5 heteroatoms. The molecule has 2 aromatic rings. The average Bonchev–Trinajstić information content (AvgIpc) is 2.48. The van der Waals surface area contributed by atoms with Crippen molar-refractivity contribution in [2.24, 2.45) is 0 Å². The van der Waals surface area contributed by atoms with E-state index in [0.717, 1.165) is 23.6 Å². The van der Waals surface area contributed by atoms with Gasteiger partial charge in [-0.15, -0.1) is 0 Å². The summed E-state index contributed by atoms with van der Waals surface area (Å²) in [5, 5.41) is 6.56. The van der Waals surface area contributed by atoms with E-state index in [1.807, 2.05) is 32.3 Å². The molecule has 1 unspecified atom stereocenters. The zero-order valence-corrected chi connectivity index (χ0v) is 13.1. The second-order valence-electron chi connectivity index (χ2n) is 5.29. The van der Waals surface area contributed by atoms with E-state index in [9.17, 15) is 0 Å². The molecule has 0 fully saturated rings. The number of hydrogen-bond acceptors (Lipinski definition) is 5. The van der Waals surface area contributed by atoms with Gasteiger partial charge in [0.25, 0.3) is 0 Å². The van der Waals surface area contributed by atoms with Crippen LogP contribution in [0.3, 0.4) is 0 Å². The molecule has 0 saturated heterocycles. The van der Waals surface area contributed by atoms with Gasteiger partial charge in [0.1, 0.15) is 5.82 Å². The molecule has 0 saturated carbocycles. The Balaban J connectivity index is 2.07. The monoisotopic (exact) mass is 285 g/mol. The standard InChI is InChI=1S/C16H23N5/c1-5-12(2)18-15-10-11-17-16(20-15)19-13-6-8-14(9-7-13)21(3)4/h6-12H,5H2,1-4H3,(H2,17,18,19,20). The van der Waals surface area contributed by atoms with Crippen molar-refractivity contribution in [3.8, 4) is 0 Å². The number of aromatic nitrogens is 2. The van der Waals surface area contributed by atoms with Crippen molar-refractivity contribution in [1.82, 2.24) is 9.97 Å². The molecular weight excluding hydrogens is 262 g/mol. The summed E-state index contributed by atoms with van der Waals surface area (Å²) in [6.45, 7) is 4.28. The van der Waals surface area contributed by atoms with Crippen LogP contribution in [0.1, 0.15) is 20.3 Å². The molecule has 1 atom stereocenters. The largest absolute Gasteiger partial charge is 0.378 e. The van der Waals surface area contributed by atoms with Gasteiger partial charge in [0.15, 0.2) is 0 Å². The predicted octanol–water partition coefficient (Wildman–Crippen LogP) is 3.50. The molecule has 1 heterocycles. The Labute approximate surface area is 126 Å². The Kier molecular flexibility index (Phi) is 4.98. The predicted molar refractivity (Wildman–Crippen MR) is 89.5 cm³/mol.